The van der Waals surface area contributed by atoms with E-state index in [0.29, 0.717) is 0 Å². The summed E-state index contributed by atoms with van der Waals surface area (Å²) in [5, 5.41) is 0.772. The molecule has 0 aliphatic heterocycles. The molecule has 1 aliphatic carbocycles. The maximum Gasteiger partial charge on any atom is 0.109 e. The lowest BCUT2D eigenvalue weighted by Crippen LogP contribution is -2.23. The summed E-state index contributed by atoms with van der Waals surface area (Å²) in [5.74, 6) is 0. The van der Waals surface area contributed by atoms with Crippen molar-refractivity contribution in [1.29, 1.82) is 0 Å². The molecular weight excluding hydrogens is 218 g/mol. The van der Waals surface area contributed by atoms with Crippen LogP contribution in [0.15, 0.2) is 4.99 Å². The van der Waals surface area contributed by atoms with E-state index in [2.05, 4.69) is 37.8 Å². The molecule has 0 aromatic rings. The first-order valence-corrected chi connectivity index (χ1v) is 11.3. The number of aliphatic imine (C=N–C) groups is 1. The lowest BCUT2D eigenvalue weighted by atomic mass is 10.3. The molecule has 1 fully saturated rings. The molecule has 0 aromatic carbocycles. The number of rotatable bonds is 5. The first-order valence-electron chi connectivity index (χ1n) is 6.24. The Morgan fingerprint density at radius 1 is 1.40 bits per heavy atom. The molecule has 15 heavy (non-hydrogen) atoms. The van der Waals surface area contributed by atoms with E-state index in [-0.39, 0.29) is 0 Å². The van der Waals surface area contributed by atoms with Crippen LogP contribution in [0, 0.1) is 0 Å². The van der Waals surface area contributed by atoms with E-state index >= 15 is 0 Å². The fourth-order valence-electron chi connectivity index (χ4n) is 1.91. The average Bonchev–Trinajstić information content (AvgIpc) is 2.50. The lowest BCUT2D eigenvalue weighted by molar-refractivity contribution is 0.805. The molecule has 1 atom stereocenters. The summed E-state index contributed by atoms with van der Waals surface area (Å²) in [6.45, 7) is 10.6. The monoisotopic (exact) mass is 243 g/mol. The Hall–Kier alpha value is 0.237. The normalized spacial score (nSPS) is 25.1. The van der Waals surface area contributed by atoms with E-state index < -0.39 is 7.22 Å². The SMILES string of the molecule is CCCC/N=C1\CCCC1S[Si](C)(C)C. The quantitative estimate of drug-likeness (QED) is 0.516. The van der Waals surface area contributed by atoms with Crippen molar-refractivity contribution in [2.45, 2.75) is 63.9 Å². The summed E-state index contributed by atoms with van der Waals surface area (Å²) in [6, 6.07) is 0. The van der Waals surface area contributed by atoms with Crippen LogP contribution in [0.1, 0.15) is 39.0 Å². The van der Waals surface area contributed by atoms with Gasteiger partial charge in [0.25, 0.3) is 0 Å². The lowest BCUT2D eigenvalue weighted by Gasteiger charge is -2.21. The first-order chi connectivity index (χ1) is 7.03. The van der Waals surface area contributed by atoms with Gasteiger partial charge in [-0.1, -0.05) is 33.0 Å². The van der Waals surface area contributed by atoms with E-state index in [1.165, 1.54) is 37.8 Å². The van der Waals surface area contributed by atoms with Crippen LogP contribution in [0.4, 0.5) is 0 Å². The Bertz CT molecular complexity index is 220. The maximum atomic E-state index is 4.80. The Labute approximate surface area is 99.8 Å². The van der Waals surface area contributed by atoms with Gasteiger partial charge >= 0.3 is 0 Å². The Balaban J connectivity index is 2.46. The predicted molar refractivity (Wildman–Crippen MR) is 75.8 cm³/mol. The van der Waals surface area contributed by atoms with Crippen molar-refractivity contribution < 1.29 is 0 Å². The van der Waals surface area contributed by atoms with Crippen LogP contribution in [0.2, 0.25) is 19.6 Å². The first kappa shape index (κ1) is 13.3. The fourth-order valence-corrected chi connectivity index (χ4v) is 6.70. The summed E-state index contributed by atoms with van der Waals surface area (Å²) >= 11 is 2.24. The molecule has 0 radical (unpaired) electrons. The van der Waals surface area contributed by atoms with Crippen molar-refractivity contribution >= 4 is 24.1 Å². The van der Waals surface area contributed by atoms with Crippen molar-refractivity contribution in [2.75, 3.05) is 6.54 Å². The van der Waals surface area contributed by atoms with Crippen LogP contribution in [0.25, 0.3) is 0 Å². The zero-order valence-electron chi connectivity index (χ0n) is 10.7. The van der Waals surface area contributed by atoms with E-state index in [1.807, 2.05) is 0 Å². The van der Waals surface area contributed by atoms with Gasteiger partial charge in [-0.2, -0.15) is 11.2 Å². The standard InChI is InChI=1S/C12H25NSSi/c1-5-6-10-13-11-8-7-9-12(11)14-15(2,3)4/h12H,5-10H2,1-4H3/b13-11+. The van der Waals surface area contributed by atoms with Crippen molar-refractivity contribution in [3.8, 4) is 0 Å². The Morgan fingerprint density at radius 3 is 2.73 bits per heavy atom. The van der Waals surface area contributed by atoms with Gasteiger partial charge in [0.2, 0.25) is 0 Å². The van der Waals surface area contributed by atoms with Crippen LogP contribution in [0.3, 0.4) is 0 Å². The third kappa shape index (κ3) is 5.21. The molecule has 0 saturated heterocycles. The number of unbranched alkanes of at least 4 members (excludes halogenated alkanes) is 1. The highest BCUT2D eigenvalue weighted by Crippen LogP contribution is 2.34. The molecular formula is C12H25NSSi. The second kappa shape index (κ2) is 6.09. The maximum absolute atomic E-state index is 4.80. The van der Waals surface area contributed by atoms with E-state index in [1.54, 1.807) is 0 Å². The summed E-state index contributed by atoms with van der Waals surface area (Å²) in [5.41, 5.74) is 1.52. The second-order valence-electron chi connectivity index (χ2n) is 5.34. The minimum atomic E-state index is -0.976. The van der Waals surface area contributed by atoms with Crippen LogP contribution in [0.5, 0.6) is 0 Å². The van der Waals surface area contributed by atoms with Gasteiger partial charge in [-0.25, -0.2) is 0 Å². The molecule has 3 heteroatoms. The zero-order chi connectivity index (χ0) is 11.3. The van der Waals surface area contributed by atoms with Gasteiger partial charge < -0.3 is 0 Å². The smallest absolute Gasteiger partial charge is 0.109 e. The largest absolute Gasteiger partial charge is 0.293 e. The van der Waals surface area contributed by atoms with Gasteiger partial charge in [0.15, 0.2) is 0 Å². The third-order valence-electron chi connectivity index (χ3n) is 2.59. The summed E-state index contributed by atoms with van der Waals surface area (Å²) in [4.78, 5) is 4.80. The van der Waals surface area contributed by atoms with Gasteiger partial charge in [-0.3, -0.25) is 4.99 Å². The topological polar surface area (TPSA) is 12.4 Å². The van der Waals surface area contributed by atoms with Crippen LogP contribution < -0.4 is 0 Å². The molecule has 0 spiro atoms. The molecule has 88 valence electrons. The van der Waals surface area contributed by atoms with Gasteiger partial charge in [-0.15, -0.1) is 0 Å². The highest BCUT2D eigenvalue weighted by atomic mass is 32.4. The molecule has 1 unspecified atom stereocenters. The average molecular weight is 243 g/mol. The summed E-state index contributed by atoms with van der Waals surface area (Å²) < 4.78 is 0. The zero-order valence-corrected chi connectivity index (χ0v) is 12.5. The van der Waals surface area contributed by atoms with Crippen molar-refractivity contribution in [2.24, 2.45) is 4.99 Å². The molecule has 1 saturated carbocycles. The van der Waals surface area contributed by atoms with Crippen molar-refractivity contribution in [3.63, 3.8) is 0 Å². The fraction of sp³-hybridized carbons (Fsp3) is 0.917. The van der Waals surface area contributed by atoms with Crippen LogP contribution >= 0.6 is 11.2 Å². The Kier molecular flexibility index (Phi) is 5.40. The van der Waals surface area contributed by atoms with Crippen LogP contribution in [-0.2, 0) is 0 Å². The van der Waals surface area contributed by atoms with Gasteiger partial charge in [0.1, 0.15) is 7.22 Å². The number of nitrogens with zero attached hydrogens (tertiary/aromatic N) is 1. The molecule has 0 aromatic heterocycles. The highest BCUT2D eigenvalue weighted by Gasteiger charge is 2.28. The summed E-state index contributed by atoms with van der Waals surface area (Å²) in [7, 11) is -0.976. The van der Waals surface area contributed by atoms with E-state index in [9.17, 15) is 0 Å². The number of hydrogen-bond donors (Lipinski definition) is 0. The molecule has 1 nitrogen and oxygen atoms in total. The minimum absolute atomic E-state index is 0.772. The molecule has 0 bridgehead atoms. The molecule has 0 amide bonds. The minimum Gasteiger partial charge on any atom is -0.293 e. The highest BCUT2D eigenvalue weighted by molar-refractivity contribution is 8.29. The van der Waals surface area contributed by atoms with Gasteiger partial charge in [0.05, 0.1) is 0 Å². The molecule has 1 aliphatic rings. The second-order valence-corrected chi connectivity index (χ2v) is 14.7. The van der Waals surface area contributed by atoms with E-state index in [4.69, 9.17) is 4.99 Å². The van der Waals surface area contributed by atoms with E-state index in [0.717, 1.165) is 11.8 Å². The van der Waals surface area contributed by atoms with Gasteiger partial charge in [-0.05, 0) is 25.7 Å². The predicted octanol–water partition coefficient (Wildman–Crippen LogP) is 4.35. The summed E-state index contributed by atoms with van der Waals surface area (Å²) in [6.07, 6.45) is 6.54. The third-order valence-corrected chi connectivity index (χ3v) is 7.07. The molecule has 1 rings (SSSR count). The van der Waals surface area contributed by atoms with Crippen molar-refractivity contribution in [1.82, 2.24) is 0 Å². The van der Waals surface area contributed by atoms with Crippen molar-refractivity contribution in [3.05, 3.63) is 0 Å². The Morgan fingerprint density at radius 2 is 2.13 bits per heavy atom. The number of hydrogen-bond acceptors (Lipinski definition) is 2. The van der Waals surface area contributed by atoms with Crippen LogP contribution in [-0.4, -0.2) is 24.7 Å². The molecule has 0 N–H and O–H groups in total. The van der Waals surface area contributed by atoms with Gasteiger partial charge in [0, 0.05) is 17.5 Å². The molecule has 0 heterocycles.